The second-order valence-electron chi connectivity index (χ2n) is 4.41. The van der Waals surface area contributed by atoms with Gasteiger partial charge in [0.2, 0.25) is 5.91 Å². The van der Waals surface area contributed by atoms with Crippen molar-refractivity contribution < 1.29 is 14.7 Å². The summed E-state index contributed by atoms with van der Waals surface area (Å²) in [6.45, 7) is 2.03. The molecule has 1 atom stereocenters. The highest BCUT2D eigenvalue weighted by Crippen LogP contribution is 2.36. The van der Waals surface area contributed by atoms with E-state index in [1.54, 1.807) is 23.1 Å². The third-order valence-corrected chi connectivity index (χ3v) is 3.44. The Morgan fingerprint density at radius 1 is 1.44 bits per heavy atom. The van der Waals surface area contributed by atoms with Crippen molar-refractivity contribution in [3.63, 3.8) is 0 Å². The van der Waals surface area contributed by atoms with E-state index in [9.17, 15) is 14.7 Å². The zero-order chi connectivity index (χ0) is 13.3. The molecule has 0 radical (unpaired) electrons. The predicted octanol–water partition coefficient (Wildman–Crippen LogP) is 2.65. The van der Waals surface area contributed by atoms with Crippen molar-refractivity contribution in [1.82, 2.24) is 0 Å². The lowest BCUT2D eigenvalue weighted by molar-refractivity contribution is -0.139. The summed E-state index contributed by atoms with van der Waals surface area (Å²) in [4.78, 5) is 24.6. The lowest BCUT2D eigenvalue weighted by Crippen LogP contribution is -2.29. The van der Waals surface area contributed by atoms with Gasteiger partial charge in [-0.3, -0.25) is 9.59 Å². The summed E-state index contributed by atoms with van der Waals surface area (Å²) < 4.78 is 0. The molecule has 1 amide bonds. The van der Waals surface area contributed by atoms with Crippen LogP contribution in [0, 0.1) is 0 Å². The summed E-state index contributed by atoms with van der Waals surface area (Å²) in [5.74, 6) is -1.54. The van der Waals surface area contributed by atoms with Gasteiger partial charge < -0.3 is 10.0 Å². The molecular weight excluding hydrogens is 254 g/mol. The van der Waals surface area contributed by atoms with Gasteiger partial charge in [-0.15, -0.1) is 0 Å². The van der Waals surface area contributed by atoms with Crippen molar-refractivity contribution in [1.29, 1.82) is 0 Å². The smallest absolute Gasteiger partial charge is 0.311 e. The zero-order valence-corrected chi connectivity index (χ0v) is 10.8. The monoisotopic (exact) mass is 267 g/mol. The van der Waals surface area contributed by atoms with Crippen molar-refractivity contribution in [2.75, 3.05) is 11.4 Å². The van der Waals surface area contributed by atoms with Gasteiger partial charge in [-0.2, -0.15) is 0 Å². The largest absolute Gasteiger partial charge is 0.481 e. The number of aliphatic carboxylic acids is 1. The maximum absolute atomic E-state index is 11.6. The molecule has 1 aromatic carbocycles. The molecule has 5 heteroatoms. The summed E-state index contributed by atoms with van der Waals surface area (Å²) in [5, 5.41) is 9.77. The minimum absolute atomic E-state index is 0.0791. The molecule has 96 valence electrons. The van der Waals surface area contributed by atoms with E-state index in [4.69, 9.17) is 11.6 Å². The number of carbonyl (C=O) groups is 2. The minimum atomic E-state index is -0.871. The van der Waals surface area contributed by atoms with Crippen LogP contribution in [-0.2, 0) is 9.59 Å². The van der Waals surface area contributed by atoms with Gasteiger partial charge in [-0.05, 0) is 36.6 Å². The first-order chi connectivity index (χ1) is 8.50. The van der Waals surface area contributed by atoms with E-state index in [0.29, 0.717) is 35.7 Å². The lowest BCUT2D eigenvalue weighted by atomic mass is 9.94. The predicted molar refractivity (Wildman–Crippen MR) is 69.1 cm³/mol. The normalized spacial score (nSPS) is 19.0. The number of halogens is 1. The molecule has 0 bridgehead atoms. The first kappa shape index (κ1) is 12.9. The van der Waals surface area contributed by atoms with Crippen LogP contribution in [0.25, 0.3) is 0 Å². The molecule has 1 aliphatic rings. The molecule has 2 rings (SSSR count). The number of benzene rings is 1. The summed E-state index contributed by atoms with van der Waals surface area (Å²) in [6, 6.07) is 5.05. The molecule has 0 fully saturated rings. The van der Waals surface area contributed by atoms with E-state index in [2.05, 4.69) is 0 Å². The fourth-order valence-corrected chi connectivity index (χ4v) is 2.54. The molecule has 1 aromatic rings. The second-order valence-corrected chi connectivity index (χ2v) is 4.84. The van der Waals surface area contributed by atoms with Crippen LogP contribution in [0.2, 0.25) is 5.02 Å². The Bertz CT molecular complexity index is 501. The van der Waals surface area contributed by atoms with Gasteiger partial charge >= 0.3 is 5.97 Å². The highest BCUT2D eigenvalue weighted by Gasteiger charge is 2.29. The van der Waals surface area contributed by atoms with Crippen molar-refractivity contribution >= 4 is 29.2 Å². The third kappa shape index (κ3) is 2.34. The first-order valence-electron chi connectivity index (χ1n) is 5.81. The van der Waals surface area contributed by atoms with E-state index in [0.717, 1.165) is 0 Å². The molecule has 1 N–H and O–H groups in total. The number of rotatable bonds is 1. The second kappa shape index (κ2) is 4.98. The van der Waals surface area contributed by atoms with Crippen LogP contribution in [0.1, 0.15) is 31.2 Å². The van der Waals surface area contributed by atoms with Crippen LogP contribution in [0.3, 0.4) is 0 Å². The molecule has 0 aliphatic carbocycles. The minimum Gasteiger partial charge on any atom is -0.481 e. The first-order valence-corrected chi connectivity index (χ1v) is 6.19. The maximum Gasteiger partial charge on any atom is 0.311 e. The average Bonchev–Trinajstić information content (AvgIpc) is 2.47. The van der Waals surface area contributed by atoms with E-state index in [1.165, 1.54) is 6.92 Å². The van der Waals surface area contributed by atoms with E-state index >= 15 is 0 Å². The molecule has 4 nitrogen and oxygen atoms in total. The van der Waals surface area contributed by atoms with Gasteiger partial charge in [0.25, 0.3) is 0 Å². The quantitative estimate of drug-likeness (QED) is 0.851. The number of carboxylic acid groups (broad SMARTS) is 1. The van der Waals surface area contributed by atoms with Gasteiger partial charge in [0, 0.05) is 24.2 Å². The van der Waals surface area contributed by atoms with Gasteiger partial charge in [-0.1, -0.05) is 11.6 Å². The van der Waals surface area contributed by atoms with Crippen LogP contribution in [0.4, 0.5) is 5.69 Å². The number of anilines is 1. The Labute approximate surface area is 110 Å². The molecule has 1 unspecified atom stereocenters. The van der Waals surface area contributed by atoms with Gasteiger partial charge in [-0.25, -0.2) is 0 Å². The molecule has 0 saturated carbocycles. The Balaban J connectivity index is 2.56. The van der Waals surface area contributed by atoms with Crippen LogP contribution in [0.5, 0.6) is 0 Å². The van der Waals surface area contributed by atoms with E-state index in [-0.39, 0.29) is 5.91 Å². The highest BCUT2D eigenvalue weighted by atomic mass is 35.5. The summed E-state index contributed by atoms with van der Waals surface area (Å²) in [6.07, 6.45) is 1.19. The molecule has 0 saturated heterocycles. The van der Waals surface area contributed by atoms with Crippen LogP contribution in [0.15, 0.2) is 18.2 Å². The molecule has 0 spiro atoms. The Morgan fingerprint density at radius 2 is 2.17 bits per heavy atom. The number of amides is 1. The van der Waals surface area contributed by atoms with Crippen molar-refractivity contribution in [3.05, 3.63) is 28.8 Å². The van der Waals surface area contributed by atoms with Crippen LogP contribution >= 0.6 is 11.6 Å². The number of hydrogen-bond acceptors (Lipinski definition) is 2. The number of carboxylic acids is 1. The summed E-state index contributed by atoms with van der Waals surface area (Å²) in [5.41, 5.74) is 1.29. The Kier molecular flexibility index (Phi) is 3.57. The molecule has 18 heavy (non-hydrogen) atoms. The van der Waals surface area contributed by atoms with Gasteiger partial charge in [0.1, 0.15) is 0 Å². The SMILES string of the molecule is CC(=O)N1CCCC(C(=O)O)c2cc(Cl)ccc21. The Hall–Kier alpha value is -1.55. The van der Waals surface area contributed by atoms with Crippen LogP contribution < -0.4 is 4.90 Å². The average molecular weight is 268 g/mol. The van der Waals surface area contributed by atoms with Gasteiger partial charge in [0.15, 0.2) is 0 Å². The third-order valence-electron chi connectivity index (χ3n) is 3.21. The maximum atomic E-state index is 11.6. The van der Waals surface area contributed by atoms with Gasteiger partial charge in [0.05, 0.1) is 5.92 Å². The zero-order valence-electron chi connectivity index (χ0n) is 10.0. The Morgan fingerprint density at radius 3 is 2.78 bits per heavy atom. The standard InChI is InChI=1S/C13H14ClNO3/c1-8(16)15-6-2-3-10(13(17)18)11-7-9(14)4-5-12(11)15/h4-5,7,10H,2-3,6H2,1H3,(H,17,18). The highest BCUT2D eigenvalue weighted by molar-refractivity contribution is 6.30. The summed E-state index contributed by atoms with van der Waals surface area (Å²) >= 11 is 5.93. The topological polar surface area (TPSA) is 57.6 Å². The molecule has 1 aliphatic heterocycles. The number of hydrogen-bond donors (Lipinski definition) is 1. The fraction of sp³-hybridized carbons (Fsp3) is 0.385. The van der Waals surface area contributed by atoms with E-state index < -0.39 is 11.9 Å². The fourth-order valence-electron chi connectivity index (χ4n) is 2.36. The molecular formula is C13H14ClNO3. The number of fused-ring (bicyclic) bond motifs is 1. The van der Waals surface area contributed by atoms with Crippen LogP contribution in [-0.4, -0.2) is 23.5 Å². The molecule has 1 heterocycles. The van der Waals surface area contributed by atoms with Crippen molar-refractivity contribution in [3.8, 4) is 0 Å². The van der Waals surface area contributed by atoms with Crippen molar-refractivity contribution in [2.45, 2.75) is 25.7 Å². The number of carbonyl (C=O) groups excluding carboxylic acids is 1. The summed E-state index contributed by atoms with van der Waals surface area (Å²) in [7, 11) is 0. The lowest BCUT2D eigenvalue weighted by Gasteiger charge is -2.22. The van der Waals surface area contributed by atoms with Crippen molar-refractivity contribution in [2.24, 2.45) is 0 Å². The van der Waals surface area contributed by atoms with E-state index in [1.807, 2.05) is 0 Å². The number of nitrogens with zero attached hydrogens (tertiary/aromatic N) is 1. The molecule has 0 aromatic heterocycles.